The van der Waals surface area contributed by atoms with E-state index in [4.69, 9.17) is 20.0 Å². The first-order valence-electron chi connectivity index (χ1n) is 11.5. The molecule has 1 aromatic heterocycles. The minimum atomic E-state index is -1.01. The van der Waals surface area contributed by atoms with E-state index in [0.717, 1.165) is 63.3 Å². The van der Waals surface area contributed by atoms with E-state index in [2.05, 4.69) is 17.4 Å². The second-order valence-corrected chi connectivity index (χ2v) is 8.82. The topological polar surface area (TPSA) is 140 Å². The number of pyridine rings is 1. The SMILES string of the molecule is O=C(O)CN1CCC(C(=O)N2CCC(Cc3ccc4c(n3)NCCC4)CC2)CC1=O.O=CO. The number of likely N-dealkylation sites (tertiary alicyclic amines) is 2. The summed E-state index contributed by atoms with van der Waals surface area (Å²) in [7, 11) is 0. The lowest BCUT2D eigenvalue weighted by Gasteiger charge is -2.36. The molecule has 2 amide bonds. The Kier molecular flexibility index (Phi) is 8.62. The number of amides is 2. The first kappa shape index (κ1) is 24.5. The Bertz CT molecular complexity index is 869. The van der Waals surface area contributed by atoms with Gasteiger partial charge in [-0.2, -0.15) is 0 Å². The van der Waals surface area contributed by atoms with Crippen LogP contribution in [-0.2, 0) is 32.0 Å². The van der Waals surface area contributed by atoms with Gasteiger partial charge in [-0.3, -0.25) is 19.2 Å². The molecule has 3 N–H and O–H groups in total. The Morgan fingerprint density at radius 1 is 1.18 bits per heavy atom. The highest BCUT2D eigenvalue weighted by Crippen LogP contribution is 2.27. The summed E-state index contributed by atoms with van der Waals surface area (Å²) in [6.07, 6.45) is 5.75. The van der Waals surface area contributed by atoms with Crippen LogP contribution in [0.1, 0.15) is 43.4 Å². The number of hydrogen-bond donors (Lipinski definition) is 3. The molecule has 10 nitrogen and oxygen atoms in total. The molecule has 0 aliphatic carbocycles. The smallest absolute Gasteiger partial charge is 0.323 e. The van der Waals surface area contributed by atoms with E-state index < -0.39 is 5.97 Å². The molecule has 0 saturated carbocycles. The summed E-state index contributed by atoms with van der Waals surface area (Å²) in [6.45, 7) is 2.24. The van der Waals surface area contributed by atoms with Crippen LogP contribution in [0, 0.1) is 11.8 Å². The fraction of sp³-hybridized carbons (Fsp3) is 0.609. The standard InChI is InChI=1S/C22H30N4O4.CH2O2/c27-19-13-17(7-11-26(19)14-20(28)29)22(30)25-9-5-15(6-10-25)12-18-4-3-16-2-1-8-23-21(16)24-18;2-1-3/h3-4,15,17H,1-2,5-14H2,(H,23,24)(H,28,29);1H,(H,2,3). The highest BCUT2D eigenvalue weighted by atomic mass is 16.4. The maximum atomic E-state index is 12.9. The summed E-state index contributed by atoms with van der Waals surface area (Å²) in [5.41, 5.74) is 2.42. The van der Waals surface area contributed by atoms with Gasteiger partial charge in [0.1, 0.15) is 12.4 Å². The number of nitrogens with one attached hydrogen (secondary N) is 1. The van der Waals surface area contributed by atoms with Gasteiger partial charge in [0.15, 0.2) is 0 Å². The first-order valence-corrected chi connectivity index (χ1v) is 11.5. The van der Waals surface area contributed by atoms with Crippen molar-refractivity contribution in [3.8, 4) is 0 Å². The van der Waals surface area contributed by atoms with Gasteiger partial charge in [-0.15, -0.1) is 0 Å². The number of rotatable bonds is 5. The van der Waals surface area contributed by atoms with Crippen LogP contribution in [0.25, 0.3) is 0 Å². The Morgan fingerprint density at radius 2 is 1.91 bits per heavy atom. The van der Waals surface area contributed by atoms with Gasteiger partial charge in [-0.25, -0.2) is 4.98 Å². The van der Waals surface area contributed by atoms with Crippen LogP contribution in [0.4, 0.5) is 5.82 Å². The molecular weight excluding hydrogens is 428 g/mol. The van der Waals surface area contributed by atoms with Gasteiger partial charge < -0.3 is 25.3 Å². The molecule has 0 spiro atoms. The number of aryl methyl sites for hydroxylation is 1. The van der Waals surface area contributed by atoms with E-state index in [0.29, 0.717) is 18.9 Å². The number of piperidine rings is 2. The summed E-state index contributed by atoms with van der Waals surface area (Å²) in [5.74, 6) is 0.0382. The van der Waals surface area contributed by atoms with Crippen LogP contribution in [0.15, 0.2) is 12.1 Å². The molecule has 1 aromatic rings. The summed E-state index contributed by atoms with van der Waals surface area (Å²) in [4.78, 5) is 52.2. The maximum absolute atomic E-state index is 12.9. The molecule has 0 aromatic carbocycles. The molecule has 180 valence electrons. The Balaban J connectivity index is 0.000000968. The van der Waals surface area contributed by atoms with Gasteiger partial charge in [0.25, 0.3) is 6.47 Å². The molecule has 4 heterocycles. The molecular formula is C23H32N4O6. The van der Waals surface area contributed by atoms with E-state index in [1.807, 2.05) is 4.90 Å². The predicted molar refractivity (Wildman–Crippen MR) is 120 cm³/mol. The third-order valence-electron chi connectivity index (χ3n) is 6.57. The molecule has 2 saturated heterocycles. The van der Waals surface area contributed by atoms with Gasteiger partial charge >= 0.3 is 5.97 Å². The van der Waals surface area contributed by atoms with Crippen molar-refractivity contribution in [3.63, 3.8) is 0 Å². The monoisotopic (exact) mass is 460 g/mol. The van der Waals surface area contributed by atoms with Crippen molar-refractivity contribution in [3.05, 3.63) is 23.4 Å². The molecule has 1 unspecified atom stereocenters. The van der Waals surface area contributed by atoms with Crippen LogP contribution in [-0.4, -0.2) is 82.0 Å². The average Bonchev–Trinajstić information content (AvgIpc) is 2.81. The maximum Gasteiger partial charge on any atom is 0.323 e. The van der Waals surface area contributed by atoms with Crippen molar-refractivity contribution in [1.29, 1.82) is 0 Å². The van der Waals surface area contributed by atoms with Gasteiger partial charge in [-0.1, -0.05) is 6.07 Å². The number of fused-ring (bicyclic) bond motifs is 1. The van der Waals surface area contributed by atoms with Gasteiger partial charge in [-0.05, 0) is 56.1 Å². The number of aromatic nitrogens is 1. The highest BCUT2D eigenvalue weighted by molar-refractivity contribution is 5.88. The number of aliphatic carboxylic acids is 1. The number of carboxylic acid groups (broad SMARTS) is 2. The molecule has 1 atom stereocenters. The van der Waals surface area contributed by atoms with Gasteiger partial charge in [0, 0.05) is 44.2 Å². The second-order valence-electron chi connectivity index (χ2n) is 8.82. The van der Waals surface area contributed by atoms with Crippen LogP contribution < -0.4 is 5.32 Å². The van der Waals surface area contributed by atoms with Crippen molar-refractivity contribution < 1.29 is 29.4 Å². The fourth-order valence-corrected chi connectivity index (χ4v) is 4.81. The molecule has 3 aliphatic heterocycles. The Labute approximate surface area is 193 Å². The average molecular weight is 461 g/mol. The molecule has 4 rings (SSSR count). The quantitative estimate of drug-likeness (QED) is 0.558. The minimum Gasteiger partial charge on any atom is -0.483 e. The highest BCUT2D eigenvalue weighted by Gasteiger charge is 2.34. The van der Waals surface area contributed by atoms with Crippen LogP contribution in [0.2, 0.25) is 0 Å². The second kappa shape index (κ2) is 11.6. The molecule has 10 heteroatoms. The molecule has 2 fully saturated rings. The van der Waals surface area contributed by atoms with E-state index in [-0.39, 0.29) is 37.2 Å². The predicted octanol–water partition coefficient (Wildman–Crippen LogP) is 1.24. The number of carbonyl (C=O) groups is 4. The molecule has 3 aliphatic rings. The summed E-state index contributed by atoms with van der Waals surface area (Å²) in [5, 5.41) is 19.2. The van der Waals surface area contributed by atoms with Crippen LogP contribution >= 0.6 is 0 Å². The zero-order chi connectivity index (χ0) is 23.8. The van der Waals surface area contributed by atoms with Gasteiger partial charge in [0.05, 0.1) is 0 Å². The van der Waals surface area contributed by atoms with Crippen molar-refractivity contribution in [2.24, 2.45) is 11.8 Å². The third kappa shape index (κ3) is 6.66. The number of nitrogens with zero attached hydrogens (tertiary/aromatic N) is 3. The number of hydrogen-bond acceptors (Lipinski definition) is 6. The lowest BCUT2D eigenvalue weighted by molar-refractivity contribution is -0.150. The number of carbonyl (C=O) groups excluding carboxylic acids is 2. The van der Waals surface area contributed by atoms with Crippen molar-refractivity contribution in [1.82, 2.24) is 14.8 Å². The van der Waals surface area contributed by atoms with E-state index in [9.17, 15) is 14.4 Å². The van der Waals surface area contributed by atoms with Crippen molar-refractivity contribution >= 4 is 30.1 Å². The summed E-state index contributed by atoms with van der Waals surface area (Å²) < 4.78 is 0. The number of carboxylic acids is 1. The summed E-state index contributed by atoms with van der Waals surface area (Å²) in [6, 6.07) is 4.33. The number of anilines is 1. The molecule has 0 radical (unpaired) electrons. The van der Waals surface area contributed by atoms with E-state index in [1.165, 1.54) is 10.5 Å². The first-order chi connectivity index (χ1) is 15.9. The molecule has 33 heavy (non-hydrogen) atoms. The zero-order valence-electron chi connectivity index (χ0n) is 18.7. The lowest BCUT2D eigenvalue weighted by Crippen LogP contribution is -2.48. The van der Waals surface area contributed by atoms with Crippen molar-refractivity contribution in [2.45, 2.75) is 44.9 Å². The largest absolute Gasteiger partial charge is 0.483 e. The third-order valence-corrected chi connectivity index (χ3v) is 6.57. The minimum absolute atomic E-state index is 0.0490. The fourth-order valence-electron chi connectivity index (χ4n) is 4.81. The van der Waals surface area contributed by atoms with Crippen molar-refractivity contribution in [2.75, 3.05) is 38.0 Å². The zero-order valence-corrected chi connectivity index (χ0v) is 18.7. The van der Waals surface area contributed by atoms with E-state index >= 15 is 0 Å². The van der Waals surface area contributed by atoms with Crippen LogP contribution in [0.3, 0.4) is 0 Å². The molecule has 0 bridgehead atoms. The normalized spacial score (nSPS) is 20.7. The Hall–Kier alpha value is -3.17. The summed E-state index contributed by atoms with van der Waals surface area (Å²) >= 11 is 0. The van der Waals surface area contributed by atoms with E-state index in [1.54, 1.807) is 0 Å². The van der Waals surface area contributed by atoms with Crippen LogP contribution in [0.5, 0.6) is 0 Å². The van der Waals surface area contributed by atoms with Gasteiger partial charge in [0.2, 0.25) is 11.8 Å². The lowest BCUT2D eigenvalue weighted by atomic mass is 9.89. The Morgan fingerprint density at radius 3 is 2.58 bits per heavy atom.